The molecule has 0 aromatic carbocycles. The molecular formula is C11H18N4O2. The summed E-state index contributed by atoms with van der Waals surface area (Å²) in [7, 11) is 0. The summed E-state index contributed by atoms with van der Waals surface area (Å²) in [6.07, 6.45) is 1.08. The van der Waals surface area contributed by atoms with Crippen LogP contribution in [0.4, 0.5) is 5.95 Å². The van der Waals surface area contributed by atoms with Gasteiger partial charge < -0.3 is 19.5 Å². The normalized spacial score (nSPS) is 29.8. The van der Waals surface area contributed by atoms with Crippen LogP contribution in [0.2, 0.25) is 0 Å². The van der Waals surface area contributed by atoms with Crippen LogP contribution in [-0.2, 0) is 4.74 Å². The maximum Gasteiger partial charge on any atom is 0.266 e. The first-order valence-corrected chi connectivity index (χ1v) is 6.24. The number of ether oxygens (including phenoxy) is 1. The first-order chi connectivity index (χ1) is 8.34. The van der Waals surface area contributed by atoms with Crippen LogP contribution >= 0.6 is 0 Å². The Morgan fingerprint density at radius 1 is 1.35 bits per heavy atom. The third kappa shape index (κ3) is 2.14. The maximum absolute atomic E-state index is 5.39. The minimum atomic E-state index is 0.359. The van der Waals surface area contributed by atoms with Gasteiger partial charge in [0.05, 0.1) is 19.1 Å². The summed E-state index contributed by atoms with van der Waals surface area (Å²) in [5.74, 6) is 1.84. The molecular weight excluding hydrogens is 220 g/mol. The Hall–Kier alpha value is -1.14. The lowest BCUT2D eigenvalue weighted by Gasteiger charge is -2.24. The highest BCUT2D eigenvalue weighted by Gasteiger charge is 2.30. The van der Waals surface area contributed by atoms with Gasteiger partial charge in [0.25, 0.3) is 5.95 Å². The molecule has 3 rings (SSSR count). The number of hydrogen-bond donors (Lipinski definition) is 1. The fraction of sp³-hybridized carbons (Fsp3) is 0.818. The van der Waals surface area contributed by atoms with E-state index in [4.69, 9.17) is 9.26 Å². The van der Waals surface area contributed by atoms with E-state index >= 15 is 0 Å². The van der Waals surface area contributed by atoms with Gasteiger partial charge in [0.2, 0.25) is 5.89 Å². The molecule has 0 spiro atoms. The molecule has 94 valence electrons. The van der Waals surface area contributed by atoms with E-state index in [0.29, 0.717) is 17.9 Å². The van der Waals surface area contributed by atoms with Gasteiger partial charge in [-0.3, -0.25) is 0 Å². The molecule has 2 atom stereocenters. The number of rotatable bonds is 2. The Morgan fingerprint density at radius 2 is 2.18 bits per heavy atom. The number of morpholine rings is 1. The Balaban J connectivity index is 1.73. The third-order valence-corrected chi connectivity index (χ3v) is 3.57. The first-order valence-electron chi connectivity index (χ1n) is 6.24. The Morgan fingerprint density at radius 3 is 2.88 bits per heavy atom. The van der Waals surface area contributed by atoms with Gasteiger partial charge in [-0.25, -0.2) is 0 Å². The summed E-state index contributed by atoms with van der Waals surface area (Å²) in [6, 6.07) is 0.424. The van der Waals surface area contributed by atoms with Gasteiger partial charge in [0.15, 0.2) is 0 Å². The molecule has 0 radical (unpaired) electrons. The van der Waals surface area contributed by atoms with Gasteiger partial charge in [0.1, 0.15) is 0 Å². The smallest absolute Gasteiger partial charge is 0.266 e. The topological polar surface area (TPSA) is 63.4 Å². The highest BCUT2D eigenvalue weighted by Crippen LogP contribution is 2.27. The predicted octanol–water partition coefficient (Wildman–Crippen LogP) is 0.372. The van der Waals surface area contributed by atoms with E-state index in [1.165, 1.54) is 0 Å². The van der Waals surface area contributed by atoms with E-state index in [0.717, 1.165) is 45.2 Å². The molecule has 2 aliphatic heterocycles. The summed E-state index contributed by atoms with van der Waals surface area (Å²) in [5.41, 5.74) is 0. The molecule has 6 nitrogen and oxygen atoms in total. The van der Waals surface area contributed by atoms with Crippen molar-refractivity contribution in [3.8, 4) is 0 Å². The maximum atomic E-state index is 5.39. The van der Waals surface area contributed by atoms with Crippen LogP contribution in [0.25, 0.3) is 0 Å². The first kappa shape index (κ1) is 11.0. The molecule has 6 heteroatoms. The number of nitrogens with zero attached hydrogens (tertiary/aromatic N) is 3. The van der Waals surface area contributed by atoms with Gasteiger partial charge in [-0.1, -0.05) is 0 Å². The summed E-state index contributed by atoms with van der Waals surface area (Å²) in [4.78, 5) is 6.63. The zero-order chi connectivity index (χ0) is 11.7. The molecule has 0 saturated carbocycles. The van der Waals surface area contributed by atoms with Gasteiger partial charge in [0, 0.05) is 19.1 Å². The summed E-state index contributed by atoms with van der Waals surface area (Å²) in [6.45, 7) is 6.36. The van der Waals surface area contributed by atoms with E-state index in [1.54, 1.807) is 0 Å². The molecule has 3 heterocycles. The lowest BCUT2D eigenvalue weighted by molar-refractivity contribution is 0.121. The van der Waals surface area contributed by atoms with Crippen LogP contribution in [0, 0.1) is 0 Å². The summed E-state index contributed by atoms with van der Waals surface area (Å²) in [5, 5.41) is 7.47. The molecule has 0 aliphatic carbocycles. The molecule has 0 bridgehead atoms. The van der Waals surface area contributed by atoms with Crippen LogP contribution in [-0.4, -0.2) is 49.0 Å². The second kappa shape index (κ2) is 4.62. The number of aromatic nitrogens is 2. The monoisotopic (exact) mass is 238 g/mol. The van der Waals surface area contributed by atoms with Crippen LogP contribution in [0.3, 0.4) is 0 Å². The summed E-state index contributed by atoms with van der Waals surface area (Å²) >= 11 is 0. The Bertz CT molecular complexity index is 375. The zero-order valence-electron chi connectivity index (χ0n) is 10.1. The van der Waals surface area contributed by atoms with Crippen LogP contribution in [0.1, 0.15) is 25.2 Å². The van der Waals surface area contributed by atoms with Crippen molar-refractivity contribution in [3.63, 3.8) is 0 Å². The SMILES string of the molecule is CC1NCCC1c1nc(N2CCOCC2)no1. The van der Waals surface area contributed by atoms with Crippen molar-refractivity contribution in [2.45, 2.75) is 25.3 Å². The average molecular weight is 238 g/mol. The molecule has 1 N–H and O–H groups in total. The largest absolute Gasteiger partial charge is 0.378 e. The molecule has 2 aliphatic rings. The lowest BCUT2D eigenvalue weighted by Crippen LogP contribution is -2.36. The standard InChI is InChI=1S/C11H18N4O2/c1-8-9(2-3-12-8)10-13-11(14-17-10)15-4-6-16-7-5-15/h8-9,12H,2-7H2,1H3. The van der Waals surface area contributed by atoms with E-state index in [-0.39, 0.29) is 0 Å². The van der Waals surface area contributed by atoms with Crippen molar-refractivity contribution in [1.29, 1.82) is 0 Å². The fourth-order valence-corrected chi connectivity index (χ4v) is 2.47. The second-order valence-electron chi connectivity index (χ2n) is 4.67. The molecule has 2 unspecified atom stereocenters. The van der Waals surface area contributed by atoms with Gasteiger partial charge in [-0.05, 0) is 25.0 Å². The lowest BCUT2D eigenvalue weighted by atomic mass is 10.0. The zero-order valence-corrected chi connectivity index (χ0v) is 10.1. The number of hydrogen-bond acceptors (Lipinski definition) is 6. The van der Waals surface area contributed by atoms with E-state index in [1.807, 2.05) is 0 Å². The predicted molar refractivity (Wildman–Crippen MR) is 62.2 cm³/mol. The fourth-order valence-electron chi connectivity index (χ4n) is 2.47. The third-order valence-electron chi connectivity index (χ3n) is 3.57. The molecule has 2 fully saturated rings. The van der Waals surface area contributed by atoms with Crippen LogP contribution in [0.5, 0.6) is 0 Å². The Labute approximate surface area is 100 Å². The number of nitrogens with one attached hydrogen (secondary N) is 1. The molecule has 2 saturated heterocycles. The molecule has 1 aromatic heterocycles. The van der Waals surface area contributed by atoms with Crippen molar-refractivity contribution in [3.05, 3.63) is 5.89 Å². The second-order valence-corrected chi connectivity index (χ2v) is 4.67. The molecule has 17 heavy (non-hydrogen) atoms. The number of anilines is 1. The summed E-state index contributed by atoms with van der Waals surface area (Å²) < 4.78 is 10.7. The van der Waals surface area contributed by atoms with Gasteiger partial charge >= 0.3 is 0 Å². The van der Waals surface area contributed by atoms with Crippen LogP contribution in [0.15, 0.2) is 4.52 Å². The van der Waals surface area contributed by atoms with Crippen molar-refractivity contribution >= 4 is 5.95 Å². The van der Waals surface area contributed by atoms with Crippen molar-refractivity contribution < 1.29 is 9.26 Å². The molecule has 1 aromatic rings. The Kier molecular flexibility index (Phi) is 2.98. The van der Waals surface area contributed by atoms with Crippen LogP contribution < -0.4 is 10.2 Å². The van der Waals surface area contributed by atoms with E-state index in [9.17, 15) is 0 Å². The quantitative estimate of drug-likeness (QED) is 0.803. The van der Waals surface area contributed by atoms with E-state index < -0.39 is 0 Å². The molecule has 0 amide bonds. The van der Waals surface area contributed by atoms with Gasteiger partial charge in [-0.15, -0.1) is 0 Å². The average Bonchev–Trinajstić information content (AvgIpc) is 2.98. The van der Waals surface area contributed by atoms with Gasteiger partial charge in [-0.2, -0.15) is 4.98 Å². The van der Waals surface area contributed by atoms with E-state index in [2.05, 4.69) is 27.3 Å². The van der Waals surface area contributed by atoms with Crippen molar-refractivity contribution in [2.24, 2.45) is 0 Å². The van der Waals surface area contributed by atoms with Crippen molar-refractivity contribution in [2.75, 3.05) is 37.7 Å². The minimum Gasteiger partial charge on any atom is -0.378 e. The minimum absolute atomic E-state index is 0.359. The highest BCUT2D eigenvalue weighted by molar-refractivity contribution is 5.28. The highest BCUT2D eigenvalue weighted by atomic mass is 16.5. The van der Waals surface area contributed by atoms with Crippen molar-refractivity contribution in [1.82, 2.24) is 15.5 Å².